The largest absolute Gasteiger partial charge is 0.455 e. The Bertz CT molecular complexity index is 1810. The molecule has 18 atom stereocenters. The fourth-order valence-electron chi connectivity index (χ4n) is 12.8. The van der Waals surface area contributed by atoms with Crippen LogP contribution in [0.5, 0.6) is 0 Å². The van der Waals surface area contributed by atoms with Crippen LogP contribution in [-0.4, -0.2) is 146 Å². The van der Waals surface area contributed by atoms with Crippen LogP contribution in [0, 0.1) is 33.5 Å². The van der Waals surface area contributed by atoms with E-state index in [2.05, 4.69) is 25.0 Å². The second kappa shape index (κ2) is 14.7. The normalized spacial score (nSPS) is 51.0. The summed E-state index contributed by atoms with van der Waals surface area (Å²) < 4.78 is 67.6. The molecule has 3 heterocycles. The number of hydrogen-bond acceptors (Lipinski definition) is 16. The number of aliphatic hydroxyl groups is 7. The summed E-state index contributed by atoms with van der Waals surface area (Å²) in [6.45, 7) is 14.2. The third-order valence-corrected chi connectivity index (χ3v) is 16.4. The van der Waals surface area contributed by atoms with E-state index in [1.165, 1.54) is 6.92 Å². The van der Waals surface area contributed by atoms with Crippen LogP contribution >= 0.6 is 0 Å². The van der Waals surface area contributed by atoms with Gasteiger partial charge in [-0.3, -0.25) is 9.35 Å². The monoisotopic (exact) mass is 860 g/mol. The van der Waals surface area contributed by atoms with E-state index in [0.29, 0.717) is 32.1 Å². The van der Waals surface area contributed by atoms with Gasteiger partial charge in [0.2, 0.25) is 0 Å². The number of aliphatic hydroxyl groups excluding tert-OH is 5. The third-order valence-electron chi connectivity index (χ3n) is 15.9. The summed E-state index contributed by atoms with van der Waals surface area (Å²) in [6.07, 6.45) is -7.39. The Balaban J connectivity index is 1.16. The lowest BCUT2D eigenvalue weighted by Crippen LogP contribution is -2.68. The zero-order chi connectivity index (χ0) is 43.7. The molecule has 59 heavy (non-hydrogen) atoms. The van der Waals surface area contributed by atoms with Gasteiger partial charge in [0.25, 0.3) is 0 Å². The smallest absolute Gasteiger partial charge is 0.397 e. The van der Waals surface area contributed by atoms with E-state index in [9.17, 15) is 53.5 Å². The van der Waals surface area contributed by atoms with Crippen molar-refractivity contribution in [1.82, 2.24) is 0 Å². The van der Waals surface area contributed by atoms with Gasteiger partial charge in [-0.2, -0.15) is 8.42 Å². The molecule has 3 saturated carbocycles. The van der Waals surface area contributed by atoms with E-state index in [4.69, 9.17) is 23.7 Å². The van der Waals surface area contributed by atoms with Crippen molar-refractivity contribution in [3.63, 3.8) is 0 Å². The number of carbonyl (C=O) groups is 1. The van der Waals surface area contributed by atoms with Gasteiger partial charge in [0.05, 0.1) is 30.5 Å². The van der Waals surface area contributed by atoms with E-state index in [-0.39, 0.29) is 24.7 Å². The van der Waals surface area contributed by atoms with Gasteiger partial charge in [0.1, 0.15) is 53.2 Å². The molecule has 8 N–H and O–H groups in total. The highest BCUT2D eigenvalue weighted by Crippen LogP contribution is 2.77. The maximum atomic E-state index is 14.3. The summed E-state index contributed by atoms with van der Waals surface area (Å²) in [5, 5.41) is 78.1. The molecule has 7 aliphatic rings. The van der Waals surface area contributed by atoms with E-state index in [1.54, 1.807) is 39.0 Å². The van der Waals surface area contributed by atoms with Gasteiger partial charge in [-0.15, -0.1) is 0 Å². The Morgan fingerprint density at radius 3 is 2.24 bits per heavy atom. The second-order valence-corrected chi connectivity index (χ2v) is 21.2. The topological polar surface area (TPSA) is 268 Å². The zero-order valence-electron chi connectivity index (χ0n) is 35.1. The molecule has 0 aromatic carbocycles. The fourth-order valence-corrected chi connectivity index (χ4v) is 13.3. The molecule has 0 aromatic heterocycles. The molecule has 7 rings (SSSR count). The highest BCUT2D eigenvalue weighted by atomic mass is 32.3. The second-order valence-electron chi connectivity index (χ2n) is 20.2. The van der Waals surface area contributed by atoms with Crippen molar-refractivity contribution in [3.8, 4) is 0 Å². The lowest BCUT2D eigenvalue weighted by Gasteiger charge is -2.64. The molecule has 1 unspecified atom stereocenters. The first-order valence-electron chi connectivity index (χ1n) is 20.8. The fraction of sp³-hybridized carbons (Fsp3) is 0.878. The van der Waals surface area contributed by atoms with Crippen LogP contribution in [0.1, 0.15) is 100 Å². The summed E-state index contributed by atoms with van der Waals surface area (Å²) >= 11 is 0. The Hall–Kier alpha value is -1.62. The van der Waals surface area contributed by atoms with Gasteiger partial charge in [-0.1, -0.05) is 51.5 Å². The van der Waals surface area contributed by atoms with Gasteiger partial charge in [0, 0.05) is 6.42 Å². The van der Waals surface area contributed by atoms with E-state index < -0.39 is 129 Å². The summed E-state index contributed by atoms with van der Waals surface area (Å²) in [5.41, 5.74) is -6.67. The predicted molar refractivity (Wildman–Crippen MR) is 205 cm³/mol. The molecule has 0 bridgehead atoms. The molecule has 0 amide bonds. The van der Waals surface area contributed by atoms with Gasteiger partial charge in [-0.25, -0.2) is 4.18 Å². The SMILES string of the molecule is C[C@H]1O[C@@H](O[C@H]2[C@H](O[C@H]3CC[C@]4(C)C5=C[C@@H](O)[C@]67C(=O)O[C@@](C)(C/C=C/C(C)(C)O)[C@@]6(O)CC[C@@]7(C)[C@@H]5CCC4C3(C)C)OC[C@@H](OS(=O)(=O)O)[C@@H]2O)[C@H](O)[C@@H](O)[C@@H]1O. The van der Waals surface area contributed by atoms with Crippen LogP contribution in [0.2, 0.25) is 0 Å². The summed E-state index contributed by atoms with van der Waals surface area (Å²) in [5.74, 6) is -0.823. The maximum Gasteiger partial charge on any atom is 0.397 e. The molecule has 6 fully saturated rings. The first kappa shape index (κ1) is 45.4. The molecular weight excluding hydrogens is 797 g/mol. The number of fused-ring (bicyclic) bond motifs is 4. The number of esters is 1. The predicted octanol–water partition coefficient (Wildman–Crippen LogP) is 1.19. The standard InChI is InChI=1S/C41H64O17S/c1-20-27(43)29(45)30(46)32(54-20)56-31-28(44)23(58-59(50,51)52)19-53-33(31)55-26-12-15-37(6)22-18-25(42)41-34(47)57-39(8,14-9-13-35(2,3)48)40(41,49)17-16-38(41,7)21(22)10-11-24(37)36(26,4)5/h9,13,18,20-21,23-33,42-46,48-49H,10-12,14-17,19H2,1-8H3,(H,50,51,52)/b13-9+/t20-,21-,23-,24?,25-,26+,27-,28+,29+,30-,31-,32+,33+,37-,38+,39+,40+,41-/m1/s1. The summed E-state index contributed by atoms with van der Waals surface area (Å²) in [6, 6.07) is 0. The number of rotatable bonds is 9. The molecule has 18 heteroatoms. The molecule has 1 spiro atoms. The minimum Gasteiger partial charge on any atom is -0.455 e. The van der Waals surface area contributed by atoms with Crippen molar-refractivity contribution in [2.24, 2.45) is 33.5 Å². The Morgan fingerprint density at radius 1 is 0.915 bits per heavy atom. The zero-order valence-corrected chi connectivity index (χ0v) is 35.9. The molecule has 3 aliphatic heterocycles. The maximum absolute atomic E-state index is 14.3. The van der Waals surface area contributed by atoms with Crippen LogP contribution in [0.4, 0.5) is 0 Å². The number of allylic oxidation sites excluding steroid dienone is 1. The highest BCUT2D eigenvalue weighted by molar-refractivity contribution is 7.80. The van der Waals surface area contributed by atoms with Crippen molar-refractivity contribution >= 4 is 16.4 Å². The first-order valence-corrected chi connectivity index (χ1v) is 22.2. The highest BCUT2D eigenvalue weighted by Gasteiger charge is 2.85. The van der Waals surface area contributed by atoms with E-state index in [1.807, 2.05) is 6.92 Å². The Labute approximate surface area is 345 Å². The van der Waals surface area contributed by atoms with Crippen molar-refractivity contribution < 1.29 is 81.4 Å². The van der Waals surface area contributed by atoms with Gasteiger partial charge in [-0.05, 0) is 94.3 Å². The van der Waals surface area contributed by atoms with Gasteiger partial charge >= 0.3 is 16.4 Å². The van der Waals surface area contributed by atoms with Crippen LogP contribution in [-0.2, 0) is 43.1 Å². The number of ether oxygens (including phenoxy) is 5. The van der Waals surface area contributed by atoms with Crippen LogP contribution in [0.3, 0.4) is 0 Å². The molecule has 336 valence electrons. The van der Waals surface area contributed by atoms with Gasteiger partial charge < -0.3 is 59.4 Å². The molecule has 17 nitrogen and oxygen atoms in total. The molecule has 0 aromatic rings. The minimum atomic E-state index is -5.05. The summed E-state index contributed by atoms with van der Waals surface area (Å²) in [4.78, 5) is 14.3. The summed E-state index contributed by atoms with van der Waals surface area (Å²) in [7, 11) is -5.05. The molecule has 0 radical (unpaired) electrons. The quantitative estimate of drug-likeness (QED) is 0.0700. The number of hydrogen-bond donors (Lipinski definition) is 8. The molecule has 4 aliphatic carbocycles. The lowest BCUT2D eigenvalue weighted by atomic mass is 9.40. The average molecular weight is 861 g/mol. The van der Waals surface area contributed by atoms with Crippen molar-refractivity contribution in [2.45, 2.75) is 185 Å². The van der Waals surface area contributed by atoms with Crippen molar-refractivity contribution in [1.29, 1.82) is 0 Å². The first-order chi connectivity index (χ1) is 27.1. The minimum absolute atomic E-state index is 0.0429. The van der Waals surface area contributed by atoms with Crippen LogP contribution in [0.15, 0.2) is 23.8 Å². The van der Waals surface area contributed by atoms with Gasteiger partial charge in [0.15, 0.2) is 12.6 Å². The Kier molecular flexibility index (Phi) is 11.3. The van der Waals surface area contributed by atoms with Crippen LogP contribution in [0.25, 0.3) is 0 Å². The Morgan fingerprint density at radius 2 is 1.59 bits per heavy atom. The number of carbonyl (C=O) groups excluding carboxylic acids is 1. The lowest BCUT2D eigenvalue weighted by molar-refractivity contribution is -0.362. The third kappa shape index (κ3) is 6.82. The van der Waals surface area contributed by atoms with E-state index >= 15 is 0 Å². The average Bonchev–Trinajstić information content (AvgIpc) is 3.48. The van der Waals surface area contributed by atoms with Crippen molar-refractivity contribution in [3.05, 3.63) is 23.8 Å². The van der Waals surface area contributed by atoms with E-state index in [0.717, 1.165) is 5.57 Å². The molecular formula is C41H64O17S. The number of cyclic esters (lactones) is 1. The van der Waals surface area contributed by atoms with Crippen LogP contribution < -0.4 is 0 Å². The van der Waals surface area contributed by atoms with Crippen molar-refractivity contribution in [2.75, 3.05) is 6.61 Å². The molecule has 3 saturated heterocycles.